The summed E-state index contributed by atoms with van der Waals surface area (Å²) in [4.78, 5) is 11.6. The Kier molecular flexibility index (Phi) is 2.35. The summed E-state index contributed by atoms with van der Waals surface area (Å²) in [7, 11) is 0. The fraction of sp³-hybridized carbons (Fsp3) is 0.200. The van der Waals surface area contributed by atoms with Crippen LogP contribution in [-0.4, -0.2) is 37.9 Å². The van der Waals surface area contributed by atoms with E-state index in [2.05, 4.69) is 20.6 Å². The Morgan fingerprint density at radius 2 is 2.16 bits per heavy atom. The van der Waals surface area contributed by atoms with Gasteiger partial charge in [-0.25, -0.2) is 4.79 Å². The summed E-state index contributed by atoms with van der Waals surface area (Å²) in [5, 5.41) is 22.2. The number of nitrogens with two attached hydrogens (primary N) is 1. The summed E-state index contributed by atoms with van der Waals surface area (Å²) in [5.41, 5.74) is 3.73. The number of aromatic nitrogens is 4. The van der Waals surface area contributed by atoms with E-state index in [1.54, 1.807) is 24.3 Å². The third-order valence-corrected chi connectivity index (χ3v) is 2.77. The molecule has 9 heteroatoms. The molecule has 2 heterocycles. The molecule has 2 atom stereocenters. The molecular formula is C10H9N5O4. The Morgan fingerprint density at radius 3 is 2.79 bits per heavy atom. The van der Waals surface area contributed by atoms with E-state index in [-0.39, 0.29) is 11.6 Å². The van der Waals surface area contributed by atoms with Crippen molar-refractivity contribution in [3.63, 3.8) is 0 Å². The highest BCUT2D eigenvalue weighted by molar-refractivity contribution is 5.80. The Morgan fingerprint density at radius 1 is 1.42 bits per heavy atom. The number of tetrazole rings is 1. The number of ether oxygens (including phenoxy) is 2. The number of hydrogen-bond acceptors (Lipinski definition) is 7. The van der Waals surface area contributed by atoms with E-state index in [0.717, 1.165) is 0 Å². The molecular weight excluding hydrogens is 254 g/mol. The minimum atomic E-state index is -2.04. The van der Waals surface area contributed by atoms with Gasteiger partial charge in [0.25, 0.3) is 0 Å². The third-order valence-electron chi connectivity index (χ3n) is 2.77. The first-order valence-corrected chi connectivity index (χ1v) is 5.32. The van der Waals surface area contributed by atoms with Crippen molar-refractivity contribution in [3.05, 3.63) is 30.1 Å². The van der Waals surface area contributed by atoms with Gasteiger partial charge < -0.3 is 14.6 Å². The number of benzene rings is 1. The van der Waals surface area contributed by atoms with Gasteiger partial charge in [-0.15, -0.1) is 10.2 Å². The monoisotopic (exact) mass is 263 g/mol. The molecule has 1 aliphatic heterocycles. The molecule has 2 aromatic rings. The van der Waals surface area contributed by atoms with Crippen LogP contribution in [0, 0.1) is 0 Å². The van der Waals surface area contributed by atoms with Gasteiger partial charge in [0.05, 0.1) is 0 Å². The molecule has 2 unspecified atom stereocenters. The van der Waals surface area contributed by atoms with E-state index in [1.165, 1.54) is 0 Å². The molecule has 0 amide bonds. The number of hydrogen-bond donors (Lipinski definition) is 3. The highest BCUT2D eigenvalue weighted by atomic mass is 16.6. The van der Waals surface area contributed by atoms with Crippen molar-refractivity contribution < 1.29 is 19.4 Å². The predicted molar refractivity (Wildman–Crippen MR) is 59.2 cm³/mol. The topological polar surface area (TPSA) is 136 Å². The van der Waals surface area contributed by atoms with Crippen LogP contribution in [0.4, 0.5) is 0 Å². The molecule has 0 fully saturated rings. The number of H-pyrrole nitrogens is 1. The van der Waals surface area contributed by atoms with Gasteiger partial charge in [-0.05, 0) is 17.3 Å². The zero-order valence-corrected chi connectivity index (χ0v) is 9.48. The number of aliphatic carboxylic acids is 1. The third kappa shape index (κ3) is 1.52. The van der Waals surface area contributed by atoms with Crippen molar-refractivity contribution in [1.29, 1.82) is 0 Å². The predicted octanol–water partition coefficient (Wildman–Crippen LogP) is -0.764. The fourth-order valence-electron chi connectivity index (χ4n) is 1.84. The van der Waals surface area contributed by atoms with E-state index < -0.39 is 17.8 Å². The molecule has 9 nitrogen and oxygen atoms in total. The van der Waals surface area contributed by atoms with Crippen molar-refractivity contribution in [1.82, 2.24) is 20.6 Å². The highest BCUT2D eigenvalue weighted by Gasteiger charge is 2.57. The molecule has 98 valence electrons. The van der Waals surface area contributed by atoms with E-state index in [9.17, 15) is 9.90 Å². The van der Waals surface area contributed by atoms with Gasteiger partial charge in [0.15, 0.2) is 11.5 Å². The number of carbonyl (C=O) groups is 1. The standard InChI is InChI=1S/C10H9N5O4/c11-7-10(9(16)17,8-12-14-15-13-8)19-6-4-2-1-3-5(6)18-7/h1-4,7H,11H2,(H,16,17)(H,12,13,14,15). The van der Waals surface area contributed by atoms with Crippen LogP contribution in [0.3, 0.4) is 0 Å². The summed E-state index contributed by atoms with van der Waals surface area (Å²) in [5.74, 6) is -0.968. The normalized spacial score (nSPS) is 25.0. The first-order chi connectivity index (χ1) is 9.14. The van der Waals surface area contributed by atoms with Crippen LogP contribution in [0.5, 0.6) is 11.5 Å². The van der Waals surface area contributed by atoms with Crippen molar-refractivity contribution >= 4 is 5.97 Å². The van der Waals surface area contributed by atoms with Crippen molar-refractivity contribution in [3.8, 4) is 11.5 Å². The number of nitrogens with zero attached hydrogens (tertiary/aromatic N) is 3. The number of carboxylic acid groups (broad SMARTS) is 1. The second-order valence-electron chi connectivity index (χ2n) is 3.86. The van der Waals surface area contributed by atoms with Crippen LogP contribution in [0.25, 0.3) is 0 Å². The molecule has 1 aromatic carbocycles. The number of fused-ring (bicyclic) bond motifs is 1. The SMILES string of the molecule is NC1Oc2ccccc2OC1(C(=O)O)c1nn[nH]n1. The minimum absolute atomic E-state index is 0.206. The maximum atomic E-state index is 11.6. The smallest absolute Gasteiger partial charge is 0.362 e. The second-order valence-corrected chi connectivity index (χ2v) is 3.86. The van der Waals surface area contributed by atoms with Gasteiger partial charge >= 0.3 is 11.6 Å². The van der Waals surface area contributed by atoms with Crippen LogP contribution < -0.4 is 15.2 Å². The van der Waals surface area contributed by atoms with E-state index >= 15 is 0 Å². The maximum absolute atomic E-state index is 11.6. The zero-order chi connectivity index (χ0) is 13.5. The maximum Gasteiger partial charge on any atom is 0.362 e. The average Bonchev–Trinajstić information content (AvgIpc) is 2.91. The molecule has 3 rings (SSSR count). The Balaban J connectivity index is 2.15. The molecule has 0 spiro atoms. The summed E-state index contributed by atoms with van der Waals surface area (Å²) >= 11 is 0. The van der Waals surface area contributed by atoms with Gasteiger partial charge in [0.1, 0.15) is 0 Å². The first kappa shape index (κ1) is 11.4. The number of para-hydroxylation sites is 2. The fourth-order valence-corrected chi connectivity index (χ4v) is 1.84. The largest absolute Gasteiger partial charge is 0.478 e. The van der Waals surface area contributed by atoms with Crippen LogP contribution in [0.1, 0.15) is 5.82 Å². The molecule has 0 saturated heterocycles. The highest BCUT2D eigenvalue weighted by Crippen LogP contribution is 2.40. The minimum Gasteiger partial charge on any atom is -0.478 e. The van der Waals surface area contributed by atoms with E-state index in [4.69, 9.17) is 15.2 Å². The molecule has 19 heavy (non-hydrogen) atoms. The second kappa shape index (κ2) is 3.92. The summed E-state index contributed by atoms with van der Waals surface area (Å²) < 4.78 is 10.9. The van der Waals surface area contributed by atoms with E-state index in [1.807, 2.05) is 0 Å². The van der Waals surface area contributed by atoms with Crippen LogP contribution in [-0.2, 0) is 10.4 Å². The Labute approximate surface area is 106 Å². The molecule has 4 N–H and O–H groups in total. The van der Waals surface area contributed by atoms with Gasteiger partial charge in [0.2, 0.25) is 12.1 Å². The van der Waals surface area contributed by atoms with Crippen molar-refractivity contribution in [2.45, 2.75) is 11.8 Å². The lowest BCUT2D eigenvalue weighted by Crippen LogP contribution is -2.60. The van der Waals surface area contributed by atoms with Gasteiger partial charge in [-0.2, -0.15) is 5.21 Å². The molecule has 0 bridgehead atoms. The quantitative estimate of drug-likeness (QED) is 0.642. The number of nitrogens with one attached hydrogen (secondary N) is 1. The lowest BCUT2D eigenvalue weighted by Gasteiger charge is -2.36. The summed E-state index contributed by atoms with van der Waals surface area (Å²) in [6.07, 6.45) is -1.31. The molecule has 1 aromatic heterocycles. The number of rotatable bonds is 2. The first-order valence-electron chi connectivity index (χ1n) is 5.32. The molecule has 0 saturated carbocycles. The van der Waals surface area contributed by atoms with Gasteiger partial charge in [0, 0.05) is 0 Å². The lowest BCUT2D eigenvalue weighted by molar-refractivity contribution is -0.171. The van der Waals surface area contributed by atoms with Crippen LogP contribution in [0.2, 0.25) is 0 Å². The molecule has 0 radical (unpaired) electrons. The molecule has 0 aliphatic carbocycles. The van der Waals surface area contributed by atoms with Crippen molar-refractivity contribution in [2.75, 3.05) is 0 Å². The van der Waals surface area contributed by atoms with Crippen LogP contribution >= 0.6 is 0 Å². The summed E-state index contributed by atoms with van der Waals surface area (Å²) in [6.45, 7) is 0. The lowest BCUT2D eigenvalue weighted by atomic mass is 9.99. The van der Waals surface area contributed by atoms with Crippen molar-refractivity contribution in [2.24, 2.45) is 5.73 Å². The van der Waals surface area contributed by atoms with E-state index in [0.29, 0.717) is 5.75 Å². The van der Waals surface area contributed by atoms with Crippen LogP contribution in [0.15, 0.2) is 24.3 Å². The number of aromatic amines is 1. The zero-order valence-electron chi connectivity index (χ0n) is 9.48. The Hall–Kier alpha value is -2.68. The molecule has 1 aliphatic rings. The number of carboxylic acids is 1. The Bertz CT molecular complexity index is 616. The average molecular weight is 263 g/mol. The van der Waals surface area contributed by atoms with Gasteiger partial charge in [-0.1, -0.05) is 12.1 Å². The van der Waals surface area contributed by atoms with Gasteiger partial charge in [-0.3, -0.25) is 5.73 Å². The summed E-state index contributed by atoms with van der Waals surface area (Å²) in [6, 6.07) is 6.59.